The number of rotatable bonds is 3. The van der Waals surface area contributed by atoms with Gasteiger partial charge in [-0.2, -0.15) is 4.98 Å². The molecule has 0 unspecified atom stereocenters. The number of carboxylic acids is 1. The predicted molar refractivity (Wildman–Crippen MR) is 48.7 cm³/mol. The summed E-state index contributed by atoms with van der Waals surface area (Å²) in [7, 11) is -2.38. The lowest BCUT2D eigenvalue weighted by Gasteiger charge is -2.03. The van der Waals surface area contributed by atoms with Crippen molar-refractivity contribution in [2.45, 2.75) is 5.16 Å². The van der Waals surface area contributed by atoms with Crippen LogP contribution in [0.3, 0.4) is 0 Å². The Kier molecular flexibility index (Phi) is 2.89. The first-order valence-corrected chi connectivity index (χ1v) is 5.59. The van der Waals surface area contributed by atoms with E-state index in [4.69, 9.17) is 5.11 Å². The number of sulfone groups is 1. The molecule has 1 aromatic rings. The minimum absolute atomic E-state index is 0.280. The second kappa shape index (κ2) is 3.81. The Bertz CT molecular complexity index is 496. The van der Waals surface area contributed by atoms with Crippen molar-refractivity contribution in [2.24, 2.45) is 0 Å². The Morgan fingerprint density at radius 3 is 2.53 bits per heavy atom. The standard InChI is InChI=1S/C7H8N2O5S/c1-14-5-4(6(10)11)3-8-7(9-5)15(2,12)13/h3H,1-2H3,(H,10,11). The third-order valence-corrected chi connectivity index (χ3v) is 2.35. The molecule has 0 bridgehead atoms. The van der Waals surface area contributed by atoms with Gasteiger partial charge in [-0.25, -0.2) is 18.2 Å². The van der Waals surface area contributed by atoms with Crippen LogP contribution in [0.4, 0.5) is 0 Å². The number of ether oxygens (including phenoxy) is 1. The Labute approximate surface area is 85.7 Å². The maximum Gasteiger partial charge on any atom is 0.342 e. The second-order valence-corrected chi connectivity index (χ2v) is 4.56. The minimum atomic E-state index is -3.57. The monoisotopic (exact) mass is 232 g/mol. The molecule has 0 saturated carbocycles. The van der Waals surface area contributed by atoms with Crippen LogP contribution in [-0.2, 0) is 9.84 Å². The first kappa shape index (κ1) is 11.4. The topological polar surface area (TPSA) is 106 Å². The quantitative estimate of drug-likeness (QED) is 0.705. The van der Waals surface area contributed by atoms with E-state index in [0.29, 0.717) is 0 Å². The molecular weight excluding hydrogens is 224 g/mol. The summed E-state index contributed by atoms with van der Waals surface area (Å²) in [5.41, 5.74) is -0.287. The average Bonchev–Trinajstić information content (AvgIpc) is 2.15. The molecule has 0 fully saturated rings. The van der Waals surface area contributed by atoms with Crippen LogP contribution in [0, 0.1) is 0 Å². The predicted octanol–water partition coefficient (Wildman–Crippen LogP) is -0.413. The van der Waals surface area contributed by atoms with Crippen molar-refractivity contribution < 1.29 is 23.1 Å². The number of aromatic carboxylic acids is 1. The molecule has 1 heterocycles. The summed E-state index contributed by atoms with van der Waals surface area (Å²) in [4.78, 5) is 17.5. The van der Waals surface area contributed by atoms with E-state index in [0.717, 1.165) is 12.5 Å². The molecule has 0 saturated heterocycles. The van der Waals surface area contributed by atoms with Gasteiger partial charge in [-0.15, -0.1) is 0 Å². The highest BCUT2D eigenvalue weighted by Crippen LogP contribution is 2.15. The fourth-order valence-electron chi connectivity index (χ4n) is 0.832. The van der Waals surface area contributed by atoms with Gasteiger partial charge in [0.2, 0.25) is 20.9 Å². The summed E-state index contributed by atoms with van der Waals surface area (Å²) in [5.74, 6) is -1.56. The van der Waals surface area contributed by atoms with Crippen molar-refractivity contribution in [3.63, 3.8) is 0 Å². The van der Waals surface area contributed by atoms with Gasteiger partial charge in [0.15, 0.2) is 0 Å². The number of nitrogens with zero attached hydrogens (tertiary/aromatic N) is 2. The van der Waals surface area contributed by atoms with Crippen LogP contribution in [0.25, 0.3) is 0 Å². The summed E-state index contributed by atoms with van der Waals surface area (Å²) in [6, 6.07) is 0. The van der Waals surface area contributed by atoms with E-state index in [1.807, 2.05) is 0 Å². The fourth-order valence-corrected chi connectivity index (χ4v) is 1.32. The van der Waals surface area contributed by atoms with E-state index in [9.17, 15) is 13.2 Å². The van der Waals surface area contributed by atoms with Crippen molar-refractivity contribution in [2.75, 3.05) is 13.4 Å². The summed E-state index contributed by atoms with van der Waals surface area (Å²) >= 11 is 0. The van der Waals surface area contributed by atoms with Crippen molar-refractivity contribution in [1.82, 2.24) is 9.97 Å². The third kappa shape index (κ3) is 2.40. The molecule has 0 aliphatic rings. The van der Waals surface area contributed by atoms with E-state index in [-0.39, 0.29) is 11.4 Å². The molecular formula is C7H8N2O5S. The van der Waals surface area contributed by atoms with Gasteiger partial charge in [0, 0.05) is 6.26 Å². The van der Waals surface area contributed by atoms with Crippen LogP contribution in [0.2, 0.25) is 0 Å². The lowest BCUT2D eigenvalue weighted by molar-refractivity contribution is 0.0691. The highest BCUT2D eigenvalue weighted by Gasteiger charge is 2.18. The number of methoxy groups -OCH3 is 1. The Balaban J connectivity index is 3.38. The molecule has 0 amide bonds. The van der Waals surface area contributed by atoms with Crippen LogP contribution in [0.15, 0.2) is 11.4 Å². The summed E-state index contributed by atoms with van der Waals surface area (Å²) in [5, 5.41) is 8.21. The second-order valence-electron chi connectivity index (χ2n) is 2.65. The van der Waals surface area contributed by atoms with Crippen LogP contribution >= 0.6 is 0 Å². The van der Waals surface area contributed by atoms with Crippen molar-refractivity contribution >= 4 is 15.8 Å². The maximum absolute atomic E-state index is 11.1. The summed E-state index contributed by atoms with van der Waals surface area (Å²) in [6.07, 6.45) is 1.81. The van der Waals surface area contributed by atoms with E-state index in [2.05, 4.69) is 14.7 Å². The average molecular weight is 232 g/mol. The van der Waals surface area contributed by atoms with Crippen LogP contribution < -0.4 is 4.74 Å². The van der Waals surface area contributed by atoms with Gasteiger partial charge in [-0.3, -0.25) is 0 Å². The highest BCUT2D eigenvalue weighted by molar-refractivity contribution is 7.90. The van der Waals surface area contributed by atoms with Gasteiger partial charge in [-0.1, -0.05) is 0 Å². The molecule has 0 aromatic carbocycles. The summed E-state index contributed by atoms with van der Waals surface area (Å²) in [6.45, 7) is 0. The van der Waals surface area contributed by atoms with Crippen molar-refractivity contribution in [1.29, 1.82) is 0 Å². The third-order valence-electron chi connectivity index (χ3n) is 1.49. The normalized spacial score (nSPS) is 11.1. The molecule has 1 aromatic heterocycles. The number of carboxylic acid groups (broad SMARTS) is 1. The Morgan fingerprint density at radius 2 is 2.13 bits per heavy atom. The van der Waals surface area contributed by atoms with Gasteiger partial charge in [0.25, 0.3) is 0 Å². The zero-order chi connectivity index (χ0) is 11.6. The number of aromatic nitrogens is 2. The lowest BCUT2D eigenvalue weighted by Crippen LogP contribution is -2.09. The number of hydrogen-bond acceptors (Lipinski definition) is 6. The number of carbonyl (C=O) groups is 1. The van der Waals surface area contributed by atoms with Crippen molar-refractivity contribution in [3.05, 3.63) is 11.8 Å². The largest absolute Gasteiger partial charge is 0.480 e. The first-order chi connectivity index (χ1) is 6.86. The molecule has 0 aliphatic heterocycles. The number of hydrogen-bond donors (Lipinski definition) is 1. The highest BCUT2D eigenvalue weighted by atomic mass is 32.2. The zero-order valence-corrected chi connectivity index (χ0v) is 8.78. The van der Waals surface area contributed by atoms with Gasteiger partial charge in [-0.05, 0) is 0 Å². The molecule has 0 aliphatic carbocycles. The van der Waals surface area contributed by atoms with E-state index in [1.54, 1.807) is 0 Å². The molecule has 15 heavy (non-hydrogen) atoms. The fraction of sp³-hybridized carbons (Fsp3) is 0.286. The maximum atomic E-state index is 11.1. The lowest BCUT2D eigenvalue weighted by atomic mass is 10.3. The molecule has 1 rings (SSSR count). The van der Waals surface area contributed by atoms with Crippen LogP contribution in [0.1, 0.15) is 10.4 Å². The Hall–Kier alpha value is -1.70. The SMILES string of the molecule is COc1nc(S(C)(=O)=O)ncc1C(=O)O. The molecule has 7 nitrogen and oxygen atoms in total. The first-order valence-electron chi connectivity index (χ1n) is 3.70. The zero-order valence-electron chi connectivity index (χ0n) is 7.96. The molecule has 0 atom stereocenters. The van der Waals surface area contributed by atoms with Gasteiger partial charge in [0.05, 0.1) is 13.3 Å². The van der Waals surface area contributed by atoms with Gasteiger partial charge < -0.3 is 9.84 Å². The molecule has 0 spiro atoms. The molecule has 1 N–H and O–H groups in total. The van der Waals surface area contributed by atoms with E-state index in [1.165, 1.54) is 7.11 Å². The van der Waals surface area contributed by atoms with Gasteiger partial charge >= 0.3 is 5.97 Å². The summed E-state index contributed by atoms with van der Waals surface area (Å²) < 4.78 is 26.8. The minimum Gasteiger partial charge on any atom is -0.480 e. The van der Waals surface area contributed by atoms with Crippen LogP contribution in [0.5, 0.6) is 5.88 Å². The van der Waals surface area contributed by atoms with E-state index < -0.39 is 21.0 Å². The molecule has 82 valence electrons. The van der Waals surface area contributed by atoms with Crippen LogP contribution in [-0.4, -0.2) is 42.8 Å². The van der Waals surface area contributed by atoms with Gasteiger partial charge in [0.1, 0.15) is 5.56 Å². The molecule has 0 radical (unpaired) electrons. The smallest absolute Gasteiger partial charge is 0.342 e. The van der Waals surface area contributed by atoms with Crippen molar-refractivity contribution in [3.8, 4) is 5.88 Å². The Morgan fingerprint density at radius 1 is 1.53 bits per heavy atom. The van der Waals surface area contributed by atoms with E-state index >= 15 is 0 Å². The molecule has 8 heteroatoms.